The number of halogens is 1. The van der Waals surface area contributed by atoms with Gasteiger partial charge >= 0.3 is 0 Å². The second kappa shape index (κ2) is 5.57. The molecule has 0 aliphatic heterocycles. The van der Waals surface area contributed by atoms with Gasteiger partial charge < -0.3 is 0 Å². The van der Waals surface area contributed by atoms with Crippen molar-refractivity contribution in [3.05, 3.63) is 80.9 Å². The van der Waals surface area contributed by atoms with Crippen molar-refractivity contribution in [2.75, 3.05) is 0 Å². The van der Waals surface area contributed by atoms with Gasteiger partial charge in [-0.3, -0.25) is 9.69 Å². The van der Waals surface area contributed by atoms with Gasteiger partial charge in [-0.2, -0.15) is 0 Å². The van der Waals surface area contributed by atoms with Crippen LogP contribution in [-0.4, -0.2) is 0 Å². The smallest absolute Gasteiger partial charge is 0.196 e. The van der Waals surface area contributed by atoms with Crippen LogP contribution in [0.5, 0.6) is 0 Å². The summed E-state index contributed by atoms with van der Waals surface area (Å²) in [7, 11) is 0. The van der Waals surface area contributed by atoms with E-state index in [9.17, 15) is 0 Å². The zero-order valence-electron chi connectivity index (χ0n) is 10.4. The summed E-state index contributed by atoms with van der Waals surface area (Å²) in [5, 5.41) is 0.542. The van der Waals surface area contributed by atoms with E-state index in [2.05, 4.69) is 15.8 Å². The van der Waals surface area contributed by atoms with Crippen LogP contribution in [0.25, 0.3) is 9.69 Å². The lowest BCUT2D eigenvalue weighted by Crippen LogP contribution is -1.90. The monoisotopic (exact) mass is 266 g/mol. The molecule has 2 aromatic rings. The zero-order valence-corrected chi connectivity index (χ0v) is 11.2. The van der Waals surface area contributed by atoms with Crippen molar-refractivity contribution in [3.8, 4) is 0 Å². The van der Waals surface area contributed by atoms with Crippen molar-refractivity contribution in [2.45, 2.75) is 13.3 Å². The molecule has 0 saturated carbocycles. The van der Waals surface area contributed by atoms with Crippen molar-refractivity contribution < 1.29 is 0 Å². The molecule has 0 aliphatic carbocycles. The molecule has 0 atom stereocenters. The average molecular weight is 267 g/mol. The van der Waals surface area contributed by atoms with Crippen molar-refractivity contribution in [1.29, 1.82) is 0 Å². The minimum absolute atomic E-state index is 0.313. The third-order valence-electron chi connectivity index (χ3n) is 2.86. The van der Waals surface area contributed by atoms with Gasteiger partial charge in [0.2, 0.25) is 0 Å². The number of nitrogens with zero attached hydrogens (tertiary/aromatic N) is 2. The van der Waals surface area contributed by atoms with Gasteiger partial charge in [0.1, 0.15) is 0 Å². The largest absolute Gasteiger partial charge is 0.250 e. The van der Waals surface area contributed by atoms with E-state index >= 15 is 0 Å². The fourth-order valence-corrected chi connectivity index (χ4v) is 2.18. The summed E-state index contributed by atoms with van der Waals surface area (Å²) < 4.78 is 0. The fourth-order valence-electron chi connectivity index (χ4n) is 1.95. The highest BCUT2D eigenvalue weighted by atomic mass is 35.5. The number of hydrogen-bond donors (Lipinski definition) is 0. The fraction of sp³-hybridized carbons (Fsp3) is 0.125. The molecule has 0 radical (unpaired) electrons. The zero-order chi connectivity index (χ0) is 13.8. The maximum absolute atomic E-state index is 7.11. The molecule has 0 fully saturated rings. The average Bonchev–Trinajstić information content (AvgIpc) is 2.40. The Morgan fingerprint density at radius 2 is 1.74 bits per heavy atom. The molecule has 0 unspecified atom stereocenters. The number of rotatable bonds is 2. The predicted molar refractivity (Wildman–Crippen MR) is 78.0 cm³/mol. The van der Waals surface area contributed by atoms with Crippen molar-refractivity contribution >= 4 is 23.0 Å². The lowest BCUT2D eigenvalue weighted by atomic mass is 10.0. The molecule has 2 nitrogen and oxygen atoms in total. The van der Waals surface area contributed by atoms with Crippen LogP contribution >= 0.6 is 11.6 Å². The van der Waals surface area contributed by atoms with Gasteiger partial charge in [0.05, 0.1) is 13.1 Å². The molecule has 0 saturated heterocycles. The van der Waals surface area contributed by atoms with E-state index < -0.39 is 0 Å². The molecular formula is C16H11ClN2. The van der Waals surface area contributed by atoms with E-state index in [1.54, 1.807) is 12.1 Å². The first-order valence-corrected chi connectivity index (χ1v) is 6.14. The Morgan fingerprint density at radius 3 is 2.37 bits per heavy atom. The Labute approximate surface area is 117 Å². The van der Waals surface area contributed by atoms with Crippen LogP contribution in [-0.2, 0) is 6.42 Å². The standard InChI is InChI=1S/C16H11ClN2/c1-11-5-4-6-12(7-11)8-13-9-15(18-2)16(19-3)10-14(13)17/h4-7,9-10H,8H2,1H3. The third-order valence-corrected chi connectivity index (χ3v) is 3.21. The summed E-state index contributed by atoms with van der Waals surface area (Å²) in [4.78, 5) is 6.70. The quantitative estimate of drug-likeness (QED) is 0.649. The molecule has 2 rings (SSSR count). The first-order valence-electron chi connectivity index (χ1n) is 5.77. The maximum atomic E-state index is 7.11. The van der Waals surface area contributed by atoms with Crippen molar-refractivity contribution in [3.63, 3.8) is 0 Å². The van der Waals surface area contributed by atoms with E-state index in [0.29, 0.717) is 22.8 Å². The highest BCUT2D eigenvalue weighted by Crippen LogP contribution is 2.34. The molecular weight excluding hydrogens is 256 g/mol. The summed E-state index contributed by atoms with van der Waals surface area (Å²) in [6, 6.07) is 11.5. The van der Waals surface area contributed by atoms with E-state index in [0.717, 1.165) is 11.1 Å². The van der Waals surface area contributed by atoms with Gasteiger partial charge in [0, 0.05) is 5.02 Å². The molecule has 0 aliphatic rings. The van der Waals surface area contributed by atoms with Crippen molar-refractivity contribution in [1.82, 2.24) is 0 Å². The topological polar surface area (TPSA) is 8.72 Å². The maximum Gasteiger partial charge on any atom is 0.196 e. The number of aryl methyl sites for hydroxylation is 1. The summed E-state index contributed by atoms with van der Waals surface area (Å²) in [5.74, 6) is 0. The highest BCUT2D eigenvalue weighted by Gasteiger charge is 2.09. The first kappa shape index (κ1) is 13.1. The Hall–Kier alpha value is -2.29. The summed E-state index contributed by atoms with van der Waals surface area (Å²) >= 11 is 6.18. The van der Waals surface area contributed by atoms with E-state index in [4.69, 9.17) is 24.7 Å². The van der Waals surface area contributed by atoms with Gasteiger partial charge in [-0.1, -0.05) is 47.5 Å². The van der Waals surface area contributed by atoms with Crippen LogP contribution in [0.15, 0.2) is 36.4 Å². The Kier molecular flexibility index (Phi) is 3.85. The first-order chi connectivity index (χ1) is 9.13. The Bertz CT molecular complexity index is 706. The summed E-state index contributed by atoms with van der Waals surface area (Å²) in [5.41, 5.74) is 3.89. The molecule has 0 bridgehead atoms. The minimum atomic E-state index is 0.313. The van der Waals surface area contributed by atoms with E-state index in [1.165, 1.54) is 5.56 Å². The van der Waals surface area contributed by atoms with E-state index in [1.807, 2.05) is 25.1 Å². The van der Waals surface area contributed by atoms with Crippen LogP contribution in [0, 0.1) is 20.1 Å². The van der Waals surface area contributed by atoms with Crippen molar-refractivity contribution in [2.24, 2.45) is 0 Å². The molecule has 0 N–H and O–H groups in total. The van der Waals surface area contributed by atoms with Gasteiger partial charge in [-0.25, -0.2) is 0 Å². The Morgan fingerprint density at radius 1 is 1.05 bits per heavy atom. The van der Waals surface area contributed by atoms with Gasteiger partial charge in [-0.05, 0) is 30.5 Å². The molecule has 0 spiro atoms. The predicted octanol–water partition coefficient (Wildman–Crippen LogP) is 5.34. The van der Waals surface area contributed by atoms with Crippen LogP contribution in [0.2, 0.25) is 5.02 Å². The molecule has 2 aromatic carbocycles. The lowest BCUT2D eigenvalue weighted by Gasteiger charge is -2.07. The summed E-state index contributed by atoms with van der Waals surface area (Å²) in [6.45, 7) is 16.2. The summed E-state index contributed by atoms with van der Waals surface area (Å²) in [6.07, 6.45) is 0.668. The highest BCUT2D eigenvalue weighted by molar-refractivity contribution is 6.31. The normalized spacial score (nSPS) is 9.68. The van der Waals surface area contributed by atoms with Crippen LogP contribution < -0.4 is 0 Å². The van der Waals surface area contributed by atoms with Gasteiger partial charge in [0.25, 0.3) is 0 Å². The minimum Gasteiger partial charge on any atom is -0.250 e. The third kappa shape index (κ3) is 2.94. The van der Waals surface area contributed by atoms with Gasteiger partial charge in [0.15, 0.2) is 11.4 Å². The van der Waals surface area contributed by atoms with Gasteiger partial charge in [-0.15, -0.1) is 0 Å². The number of hydrogen-bond acceptors (Lipinski definition) is 0. The second-order valence-corrected chi connectivity index (χ2v) is 4.73. The second-order valence-electron chi connectivity index (χ2n) is 4.32. The molecule has 0 aromatic heterocycles. The molecule has 3 heteroatoms. The number of benzene rings is 2. The van der Waals surface area contributed by atoms with E-state index in [-0.39, 0.29) is 0 Å². The van der Waals surface area contributed by atoms with Crippen LogP contribution in [0.4, 0.5) is 11.4 Å². The van der Waals surface area contributed by atoms with Crippen LogP contribution in [0.3, 0.4) is 0 Å². The molecule has 0 amide bonds. The lowest BCUT2D eigenvalue weighted by molar-refractivity contribution is 1.18. The van der Waals surface area contributed by atoms with Crippen LogP contribution in [0.1, 0.15) is 16.7 Å². The molecule has 19 heavy (non-hydrogen) atoms. The Balaban J connectivity index is 2.42. The molecule has 92 valence electrons. The molecule has 0 heterocycles. The SMILES string of the molecule is [C-]#[N+]c1cc(Cl)c(Cc2cccc(C)c2)cc1[N+]#[C-].